The fraction of sp³-hybridized carbons (Fsp3) is 0.500. The number of nitro benzene ring substituents is 1. The SMILES string of the molecule is CCCCCN1C(=O)C(c2ccc([N+](=O)[O-])cc2)=C(N2CCN(C)CC2)C1=O. The van der Waals surface area contributed by atoms with E-state index in [0.717, 1.165) is 32.4 Å². The molecule has 1 saturated heterocycles. The third kappa shape index (κ3) is 3.91. The zero-order chi connectivity index (χ0) is 20.3. The summed E-state index contributed by atoms with van der Waals surface area (Å²) in [5.41, 5.74) is 1.31. The number of hydrogen-bond donors (Lipinski definition) is 0. The summed E-state index contributed by atoms with van der Waals surface area (Å²) >= 11 is 0. The minimum atomic E-state index is -0.474. The topological polar surface area (TPSA) is 87.0 Å². The van der Waals surface area contributed by atoms with Crippen molar-refractivity contribution in [2.45, 2.75) is 26.2 Å². The van der Waals surface area contributed by atoms with E-state index in [4.69, 9.17) is 0 Å². The molecule has 0 N–H and O–H groups in total. The summed E-state index contributed by atoms with van der Waals surface area (Å²) in [6.45, 7) is 5.44. The number of imide groups is 1. The number of piperazine rings is 1. The van der Waals surface area contributed by atoms with E-state index in [1.807, 2.05) is 11.9 Å². The number of hydrogen-bond acceptors (Lipinski definition) is 6. The van der Waals surface area contributed by atoms with Crippen LogP contribution >= 0.6 is 0 Å². The molecule has 2 amide bonds. The standard InChI is InChI=1S/C20H26N4O4/c1-3-4-5-10-23-19(25)17(15-6-8-16(9-7-15)24(27)28)18(20(23)26)22-13-11-21(2)12-14-22/h6-9H,3-5,10-14H2,1-2H3. The Labute approximate surface area is 164 Å². The maximum Gasteiger partial charge on any atom is 0.277 e. The molecular formula is C20H26N4O4. The van der Waals surface area contributed by atoms with E-state index in [1.54, 1.807) is 12.1 Å². The van der Waals surface area contributed by atoms with E-state index >= 15 is 0 Å². The minimum Gasteiger partial charge on any atom is -0.364 e. The first-order chi connectivity index (χ1) is 13.4. The van der Waals surface area contributed by atoms with Crippen LogP contribution in [0.2, 0.25) is 0 Å². The Bertz CT molecular complexity index is 795. The van der Waals surface area contributed by atoms with Crippen molar-refractivity contribution >= 4 is 23.1 Å². The lowest BCUT2D eigenvalue weighted by Crippen LogP contribution is -2.46. The maximum atomic E-state index is 13.1. The number of nitrogens with zero attached hydrogens (tertiary/aromatic N) is 4. The van der Waals surface area contributed by atoms with Crippen LogP contribution in [0.15, 0.2) is 30.0 Å². The molecule has 150 valence electrons. The molecule has 8 heteroatoms. The van der Waals surface area contributed by atoms with Crippen LogP contribution in [-0.4, -0.2) is 71.2 Å². The zero-order valence-electron chi connectivity index (χ0n) is 16.4. The average molecular weight is 386 g/mol. The quantitative estimate of drug-likeness (QED) is 0.309. The second-order valence-corrected chi connectivity index (χ2v) is 7.29. The van der Waals surface area contributed by atoms with Crippen molar-refractivity contribution in [2.24, 2.45) is 0 Å². The molecule has 0 radical (unpaired) electrons. The largest absolute Gasteiger partial charge is 0.364 e. The average Bonchev–Trinajstić information content (AvgIpc) is 2.93. The van der Waals surface area contributed by atoms with E-state index in [9.17, 15) is 19.7 Å². The fourth-order valence-electron chi connectivity index (χ4n) is 3.62. The molecule has 2 heterocycles. The van der Waals surface area contributed by atoms with Crippen molar-refractivity contribution in [1.29, 1.82) is 0 Å². The molecule has 8 nitrogen and oxygen atoms in total. The zero-order valence-corrected chi connectivity index (χ0v) is 16.4. The second kappa shape index (κ2) is 8.52. The van der Waals surface area contributed by atoms with Gasteiger partial charge in [0.05, 0.1) is 10.5 Å². The van der Waals surface area contributed by atoms with E-state index in [-0.39, 0.29) is 17.5 Å². The number of amides is 2. The van der Waals surface area contributed by atoms with Crippen LogP contribution in [0.5, 0.6) is 0 Å². The van der Waals surface area contributed by atoms with Gasteiger partial charge in [-0.05, 0) is 31.2 Å². The van der Waals surface area contributed by atoms with Gasteiger partial charge in [-0.3, -0.25) is 24.6 Å². The molecule has 2 aliphatic heterocycles. The van der Waals surface area contributed by atoms with Crippen LogP contribution in [0.25, 0.3) is 5.57 Å². The normalized spacial score (nSPS) is 18.4. The van der Waals surface area contributed by atoms with Gasteiger partial charge >= 0.3 is 0 Å². The second-order valence-electron chi connectivity index (χ2n) is 7.29. The molecule has 0 atom stereocenters. The molecule has 1 aromatic carbocycles. The molecule has 0 saturated carbocycles. The fourth-order valence-corrected chi connectivity index (χ4v) is 3.62. The molecular weight excluding hydrogens is 360 g/mol. The van der Waals surface area contributed by atoms with Crippen LogP contribution in [-0.2, 0) is 9.59 Å². The molecule has 2 aliphatic rings. The van der Waals surface area contributed by atoms with Crippen LogP contribution in [0, 0.1) is 10.1 Å². The van der Waals surface area contributed by atoms with E-state index in [2.05, 4.69) is 11.8 Å². The monoisotopic (exact) mass is 386 g/mol. The van der Waals surface area contributed by atoms with Gasteiger partial charge in [0, 0.05) is 44.9 Å². The first kappa shape index (κ1) is 20.0. The van der Waals surface area contributed by atoms with Gasteiger partial charge in [-0.1, -0.05) is 19.8 Å². The van der Waals surface area contributed by atoms with Gasteiger partial charge in [0.15, 0.2) is 0 Å². The molecule has 28 heavy (non-hydrogen) atoms. The number of nitro groups is 1. The highest BCUT2D eigenvalue weighted by Gasteiger charge is 2.41. The molecule has 1 aromatic rings. The summed E-state index contributed by atoms with van der Waals surface area (Å²) in [7, 11) is 2.03. The molecule has 0 unspecified atom stereocenters. The van der Waals surface area contributed by atoms with Crippen molar-refractivity contribution in [1.82, 2.24) is 14.7 Å². The predicted molar refractivity (Wildman–Crippen MR) is 105 cm³/mol. The summed E-state index contributed by atoms with van der Waals surface area (Å²) in [6, 6.07) is 5.87. The van der Waals surface area contributed by atoms with Gasteiger partial charge in [-0.2, -0.15) is 0 Å². The van der Waals surface area contributed by atoms with E-state index < -0.39 is 4.92 Å². The molecule has 0 bridgehead atoms. The lowest BCUT2D eigenvalue weighted by atomic mass is 10.0. The predicted octanol–water partition coefficient (Wildman–Crippen LogP) is 2.11. The summed E-state index contributed by atoms with van der Waals surface area (Å²) in [6.07, 6.45) is 2.73. The highest BCUT2D eigenvalue weighted by Crippen LogP contribution is 2.33. The summed E-state index contributed by atoms with van der Waals surface area (Å²) in [4.78, 5) is 42.2. The Morgan fingerprint density at radius 2 is 1.64 bits per heavy atom. The number of unbranched alkanes of at least 4 members (excludes halogenated alkanes) is 2. The first-order valence-corrected chi connectivity index (χ1v) is 9.72. The lowest BCUT2D eigenvalue weighted by molar-refractivity contribution is -0.384. The van der Waals surface area contributed by atoms with E-state index in [1.165, 1.54) is 17.0 Å². The van der Waals surface area contributed by atoms with Crippen molar-refractivity contribution < 1.29 is 14.5 Å². The van der Waals surface area contributed by atoms with Crippen LogP contribution in [0.1, 0.15) is 31.7 Å². The number of benzene rings is 1. The Morgan fingerprint density at radius 1 is 1.00 bits per heavy atom. The highest BCUT2D eigenvalue weighted by molar-refractivity contribution is 6.35. The van der Waals surface area contributed by atoms with Gasteiger partial charge < -0.3 is 9.80 Å². The summed E-state index contributed by atoms with van der Waals surface area (Å²) < 4.78 is 0. The van der Waals surface area contributed by atoms with Gasteiger partial charge in [0.1, 0.15) is 5.70 Å². The Kier molecular flexibility index (Phi) is 6.08. The molecule has 0 aliphatic carbocycles. The van der Waals surface area contributed by atoms with Crippen molar-refractivity contribution in [3.05, 3.63) is 45.6 Å². The summed E-state index contributed by atoms with van der Waals surface area (Å²) in [5.74, 6) is -0.553. The molecule has 0 spiro atoms. The molecule has 1 fully saturated rings. The van der Waals surface area contributed by atoms with Crippen molar-refractivity contribution in [2.75, 3.05) is 39.8 Å². The third-order valence-corrected chi connectivity index (χ3v) is 5.32. The van der Waals surface area contributed by atoms with E-state index in [0.29, 0.717) is 36.5 Å². The van der Waals surface area contributed by atoms with Gasteiger partial charge in [0.2, 0.25) is 0 Å². The van der Waals surface area contributed by atoms with Crippen LogP contribution in [0.3, 0.4) is 0 Å². The Morgan fingerprint density at radius 3 is 2.21 bits per heavy atom. The minimum absolute atomic E-state index is 0.0397. The van der Waals surface area contributed by atoms with Gasteiger partial charge in [0.25, 0.3) is 17.5 Å². The number of non-ortho nitro benzene ring substituents is 1. The molecule has 3 rings (SSSR count). The highest BCUT2D eigenvalue weighted by atomic mass is 16.6. The smallest absolute Gasteiger partial charge is 0.277 e. The van der Waals surface area contributed by atoms with Crippen molar-refractivity contribution in [3.63, 3.8) is 0 Å². The number of carbonyl (C=O) groups is 2. The Balaban J connectivity index is 1.96. The van der Waals surface area contributed by atoms with Gasteiger partial charge in [-0.15, -0.1) is 0 Å². The lowest BCUT2D eigenvalue weighted by Gasteiger charge is -2.34. The number of rotatable bonds is 7. The number of carbonyl (C=O) groups excluding carboxylic acids is 2. The van der Waals surface area contributed by atoms with Crippen molar-refractivity contribution in [3.8, 4) is 0 Å². The maximum absolute atomic E-state index is 13.1. The van der Waals surface area contributed by atoms with Crippen LogP contribution < -0.4 is 0 Å². The summed E-state index contributed by atoms with van der Waals surface area (Å²) in [5, 5.41) is 10.9. The first-order valence-electron chi connectivity index (χ1n) is 9.72. The Hall–Kier alpha value is -2.74. The van der Waals surface area contributed by atoms with Crippen LogP contribution in [0.4, 0.5) is 5.69 Å². The molecule has 0 aromatic heterocycles. The third-order valence-electron chi connectivity index (χ3n) is 5.32. The number of likely N-dealkylation sites (N-methyl/N-ethyl adjacent to an activating group) is 1. The van der Waals surface area contributed by atoms with Gasteiger partial charge in [-0.25, -0.2) is 0 Å².